The Kier molecular flexibility index (Phi) is 3.94. The standard InChI is InChI=1S/C12H17BN2O2/c14-6-12(17)11-5-9-3-1-2-4-10(9)7-15(11)13-8-16/h1-4,8,11-13,17H,5-7,14H2/t11-,12-/m1/s1. The first-order valence-electron chi connectivity index (χ1n) is 5.89. The Balaban J connectivity index is 2.24. The van der Waals surface area contributed by atoms with Gasteiger partial charge in [0, 0.05) is 19.1 Å². The lowest BCUT2D eigenvalue weighted by molar-refractivity contribution is 0.0878. The van der Waals surface area contributed by atoms with Crippen LogP contribution in [0.15, 0.2) is 24.3 Å². The number of rotatable bonds is 4. The Bertz CT molecular complexity index is 400. The second-order valence-corrected chi connectivity index (χ2v) is 4.44. The lowest BCUT2D eigenvalue weighted by Crippen LogP contribution is -2.51. The number of carbonyl (C=O) groups excluding carboxylic acids is 1. The van der Waals surface area contributed by atoms with Crippen LogP contribution in [-0.2, 0) is 17.8 Å². The highest BCUT2D eigenvalue weighted by Gasteiger charge is 2.30. The van der Waals surface area contributed by atoms with E-state index < -0.39 is 6.10 Å². The topological polar surface area (TPSA) is 66.6 Å². The molecule has 17 heavy (non-hydrogen) atoms. The third kappa shape index (κ3) is 2.57. The maximum atomic E-state index is 10.7. The number of fused-ring (bicyclic) bond motifs is 1. The van der Waals surface area contributed by atoms with Crippen LogP contribution < -0.4 is 5.73 Å². The number of benzene rings is 1. The van der Waals surface area contributed by atoms with Gasteiger partial charge >= 0.3 is 0 Å². The van der Waals surface area contributed by atoms with Gasteiger partial charge in [-0.05, 0) is 17.5 Å². The second kappa shape index (κ2) is 5.45. The number of hydrogen-bond donors (Lipinski definition) is 2. The van der Waals surface area contributed by atoms with Crippen LogP contribution in [0.25, 0.3) is 0 Å². The number of nitrogens with zero attached hydrogens (tertiary/aromatic N) is 1. The van der Waals surface area contributed by atoms with Crippen molar-refractivity contribution in [1.82, 2.24) is 4.81 Å². The van der Waals surface area contributed by atoms with Crippen molar-refractivity contribution in [2.75, 3.05) is 6.54 Å². The SMILES string of the molecule is NC[C@@H](O)[C@H]1Cc2ccccc2CN1BC=O. The summed E-state index contributed by atoms with van der Waals surface area (Å²) in [6.45, 7) is 0.929. The summed E-state index contributed by atoms with van der Waals surface area (Å²) >= 11 is 0. The maximum Gasteiger partial charge on any atom is 0.281 e. The van der Waals surface area contributed by atoms with Gasteiger partial charge in [0.2, 0.25) is 0 Å². The van der Waals surface area contributed by atoms with E-state index in [9.17, 15) is 9.90 Å². The molecule has 0 bridgehead atoms. The number of nitrogens with two attached hydrogens (primary N) is 1. The molecular formula is C12H17BN2O2. The highest BCUT2D eigenvalue weighted by atomic mass is 16.3. The molecule has 0 spiro atoms. The quantitative estimate of drug-likeness (QED) is 0.530. The molecule has 1 heterocycles. The van der Waals surface area contributed by atoms with Crippen LogP contribution in [0.5, 0.6) is 0 Å². The summed E-state index contributed by atoms with van der Waals surface area (Å²) in [5.74, 6) is 0. The second-order valence-electron chi connectivity index (χ2n) is 4.44. The van der Waals surface area contributed by atoms with Crippen LogP contribution in [0.3, 0.4) is 0 Å². The monoisotopic (exact) mass is 232 g/mol. The molecule has 0 amide bonds. The van der Waals surface area contributed by atoms with E-state index in [1.54, 1.807) is 0 Å². The van der Waals surface area contributed by atoms with E-state index in [1.165, 1.54) is 11.1 Å². The summed E-state index contributed by atoms with van der Waals surface area (Å²) in [4.78, 5) is 12.7. The molecule has 5 heteroatoms. The molecule has 1 aromatic carbocycles. The summed E-state index contributed by atoms with van der Waals surface area (Å²) in [5, 5.41) is 9.92. The van der Waals surface area contributed by atoms with E-state index in [4.69, 9.17) is 5.73 Å². The van der Waals surface area contributed by atoms with E-state index in [-0.39, 0.29) is 12.6 Å². The van der Waals surface area contributed by atoms with Gasteiger partial charge < -0.3 is 20.4 Å². The fraction of sp³-hybridized carbons (Fsp3) is 0.417. The fourth-order valence-electron chi connectivity index (χ4n) is 2.43. The molecule has 0 fully saturated rings. The molecule has 1 aromatic rings. The van der Waals surface area contributed by atoms with Crippen molar-refractivity contribution in [3.05, 3.63) is 35.4 Å². The Morgan fingerprint density at radius 1 is 1.53 bits per heavy atom. The van der Waals surface area contributed by atoms with E-state index >= 15 is 0 Å². The minimum absolute atomic E-state index is 0.0555. The molecule has 2 atom stereocenters. The lowest BCUT2D eigenvalue weighted by Gasteiger charge is -2.38. The first kappa shape index (κ1) is 12.3. The van der Waals surface area contributed by atoms with E-state index in [0.717, 1.165) is 12.6 Å². The highest BCUT2D eigenvalue weighted by molar-refractivity contribution is 6.64. The lowest BCUT2D eigenvalue weighted by atomic mass is 9.82. The molecule has 0 aromatic heterocycles. The van der Waals surface area contributed by atoms with Crippen LogP contribution in [-0.4, -0.2) is 42.2 Å². The van der Waals surface area contributed by atoms with Gasteiger partial charge in [-0.1, -0.05) is 24.3 Å². The van der Waals surface area contributed by atoms with Crippen LogP contribution in [0.4, 0.5) is 0 Å². The zero-order valence-electron chi connectivity index (χ0n) is 9.75. The Hall–Kier alpha value is -1.17. The molecule has 90 valence electrons. The average molecular weight is 232 g/mol. The minimum atomic E-state index is -0.580. The average Bonchev–Trinajstić information content (AvgIpc) is 2.37. The van der Waals surface area contributed by atoms with Gasteiger partial charge in [0.1, 0.15) is 0 Å². The summed E-state index contributed by atoms with van der Waals surface area (Å²) < 4.78 is 0. The highest BCUT2D eigenvalue weighted by Crippen LogP contribution is 2.23. The molecule has 0 unspecified atom stereocenters. The van der Waals surface area contributed by atoms with Crippen molar-refractivity contribution < 1.29 is 9.90 Å². The summed E-state index contributed by atoms with van der Waals surface area (Å²) in [5.41, 5.74) is 7.99. The molecular weight excluding hydrogens is 215 g/mol. The number of hydrogen-bond acceptors (Lipinski definition) is 4. The van der Waals surface area contributed by atoms with Gasteiger partial charge in [-0.25, -0.2) is 0 Å². The fourth-order valence-corrected chi connectivity index (χ4v) is 2.43. The van der Waals surface area contributed by atoms with Crippen molar-refractivity contribution in [3.63, 3.8) is 0 Å². The number of aliphatic hydroxyl groups excluding tert-OH is 1. The third-order valence-corrected chi connectivity index (χ3v) is 3.38. The molecule has 0 saturated heterocycles. The zero-order chi connectivity index (χ0) is 12.3. The summed E-state index contributed by atoms with van der Waals surface area (Å²) in [6, 6.07) is 8.08. The van der Waals surface area contributed by atoms with Crippen molar-refractivity contribution >= 4 is 13.6 Å². The molecule has 0 aliphatic carbocycles. The molecule has 0 radical (unpaired) electrons. The maximum absolute atomic E-state index is 10.7. The molecule has 0 saturated carbocycles. The number of aliphatic hydroxyl groups is 1. The largest absolute Gasteiger partial charge is 0.390 e. The van der Waals surface area contributed by atoms with Crippen LogP contribution in [0, 0.1) is 0 Å². The third-order valence-electron chi connectivity index (χ3n) is 3.38. The van der Waals surface area contributed by atoms with Gasteiger partial charge in [0.05, 0.1) is 12.3 Å². The van der Waals surface area contributed by atoms with Crippen molar-refractivity contribution in [2.24, 2.45) is 5.73 Å². The molecule has 4 nitrogen and oxygen atoms in total. The summed E-state index contributed by atoms with van der Waals surface area (Å²) in [6.07, 6.45) is 1.05. The molecule has 1 aliphatic rings. The van der Waals surface area contributed by atoms with Crippen LogP contribution in [0.1, 0.15) is 11.1 Å². The Morgan fingerprint density at radius 2 is 2.24 bits per heavy atom. The molecule has 1 aliphatic heterocycles. The van der Waals surface area contributed by atoms with Crippen LogP contribution in [0.2, 0.25) is 0 Å². The van der Waals surface area contributed by atoms with E-state index in [0.29, 0.717) is 14.0 Å². The van der Waals surface area contributed by atoms with Gasteiger partial charge in [0.15, 0.2) is 0 Å². The predicted octanol–water partition coefficient (Wildman–Crippen LogP) is -0.725. The zero-order valence-corrected chi connectivity index (χ0v) is 9.75. The van der Waals surface area contributed by atoms with Crippen molar-refractivity contribution in [2.45, 2.75) is 25.1 Å². The Labute approximate surface area is 102 Å². The smallest absolute Gasteiger partial charge is 0.281 e. The van der Waals surface area contributed by atoms with E-state index in [1.807, 2.05) is 16.9 Å². The van der Waals surface area contributed by atoms with Gasteiger partial charge in [0.25, 0.3) is 7.41 Å². The van der Waals surface area contributed by atoms with Gasteiger partial charge in [-0.15, -0.1) is 0 Å². The normalized spacial score (nSPS) is 21.6. The van der Waals surface area contributed by atoms with E-state index in [2.05, 4.69) is 12.1 Å². The van der Waals surface area contributed by atoms with Gasteiger partial charge in [-0.2, -0.15) is 0 Å². The minimum Gasteiger partial charge on any atom is -0.390 e. The van der Waals surface area contributed by atoms with Gasteiger partial charge in [-0.3, -0.25) is 0 Å². The first-order valence-corrected chi connectivity index (χ1v) is 5.89. The first-order chi connectivity index (χ1) is 8.26. The van der Waals surface area contributed by atoms with Crippen LogP contribution >= 0.6 is 0 Å². The van der Waals surface area contributed by atoms with Crippen molar-refractivity contribution in [3.8, 4) is 0 Å². The molecule has 2 rings (SSSR count). The number of carbonyl (C=O) groups is 1. The van der Waals surface area contributed by atoms with Crippen molar-refractivity contribution in [1.29, 1.82) is 0 Å². The Morgan fingerprint density at radius 3 is 2.88 bits per heavy atom. The molecule has 3 N–H and O–H groups in total. The predicted molar refractivity (Wildman–Crippen MR) is 68.4 cm³/mol. The summed E-state index contributed by atoms with van der Waals surface area (Å²) in [7, 11) is 0.343.